The molecule has 0 saturated heterocycles. The first kappa shape index (κ1) is 31.7. The number of hydrogen-bond acceptors (Lipinski definition) is 7. The molecule has 0 fully saturated rings. The molecule has 3 N–H and O–H groups in total. The smallest absolute Gasteiger partial charge is 0.405 e. The minimum Gasteiger partial charge on any atom is -0.496 e. The van der Waals surface area contributed by atoms with Crippen LogP contribution in [0.1, 0.15) is 34.6 Å². The van der Waals surface area contributed by atoms with E-state index in [-0.39, 0.29) is 50.7 Å². The van der Waals surface area contributed by atoms with E-state index >= 15 is 0 Å². The monoisotopic (exact) mass is 611 g/mol. The highest BCUT2D eigenvalue weighted by Crippen LogP contribution is 2.39. The second kappa shape index (κ2) is 12.2. The number of rotatable bonds is 10. The van der Waals surface area contributed by atoms with Crippen LogP contribution in [0.25, 0.3) is 33.6 Å². The maximum absolute atomic E-state index is 13.6. The van der Waals surface area contributed by atoms with E-state index in [4.69, 9.17) is 9.15 Å². The average molecular weight is 612 g/mol. The lowest BCUT2D eigenvalue weighted by Crippen LogP contribution is -2.44. The Balaban J connectivity index is 1.95. The molecule has 0 aliphatic heterocycles. The van der Waals surface area contributed by atoms with Crippen molar-refractivity contribution in [1.82, 2.24) is 15.6 Å². The number of furan rings is 1. The minimum atomic E-state index is -4.60. The van der Waals surface area contributed by atoms with Gasteiger partial charge >= 0.3 is 6.18 Å². The van der Waals surface area contributed by atoms with Crippen LogP contribution >= 0.6 is 0 Å². The number of amides is 2. The van der Waals surface area contributed by atoms with Crippen molar-refractivity contribution in [2.24, 2.45) is 4.99 Å². The van der Waals surface area contributed by atoms with E-state index in [1.54, 1.807) is 13.8 Å². The highest BCUT2D eigenvalue weighted by Gasteiger charge is 2.30. The Morgan fingerprint density at radius 2 is 1.70 bits per heavy atom. The molecule has 2 aromatic carbocycles. The number of ether oxygens (including phenoxy) is 1. The van der Waals surface area contributed by atoms with E-state index in [9.17, 15) is 27.2 Å². The van der Waals surface area contributed by atoms with Crippen LogP contribution in [0.2, 0.25) is 0 Å². The summed E-state index contributed by atoms with van der Waals surface area (Å²) in [4.78, 5) is 34.6. The third-order valence-corrected chi connectivity index (χ3v) is 6.79. The lowest BCUT2D eigenvalue weighted by molar-refractivity contribution is -0.115. The summed E-state index contributed by atoms with van der Waals surface area (Å²) in [5.41, 5.74) is 0.0168. The van der Waals surface area contributed by atoms with Crippen molar-refractivity contribution in [3.8, 4) is 28.2 Å². The molecule has 9 nitrogen and oxygen atoms in total. The van der Waals surface area contributed by atoms with Gasteiger partial charge in [-0.05, 0) is 68.6 Å². The quantitative estimate of drug-likeness (QED) is 0.142. The van der Waals surface area contributed by atoms with E-state index in [1.165, 1.54) is 62.7 Å². The number of carbonyl (C=O) groups excluding carboxylic acids is 2. The van der Waals surface area contributed by atoms with E-state index in [1.807, 2.05) is 0 Å². The van der Waals surface area contributed by atoms with E-state index in [2.05, 4.69) is 39.2 Å². The van der Waals surface area contributed by atoms with Crippen molar-refractivity contribution in [1.29, 1.82) is 0 Å². The SMILES string of the molecule is C=NC(=C)C(C)(C)NC(=O)c1cc(-c2cc3c(C(=O)NC)c(-c4ccc(F)cc4)oc3nc2NCC(F)(F)F)ccc1OC. The van der Waals surface area contributed by atoms with Crippen LogP contribution in [0.3, 0.4) is 0 Å². The maximum atomic E-state index is 13.6. The van der Waals surface area contributed by atoms with Gasteiger partial charge in [-0.15, -0.1) is 0 Å². The molecule has 4 rings (SSSR count). The van der Waals surface area contributed by atoms with Crippen LogP contribution in [-0.2, 0) is 0 Å². The molecule has 13 heteroatoms. The number of fused-ring (bicyclic) bond motifs is 1. The summed E-state index contributed by atoms with van der Waals surface area (Å²) in [7, 11) is 2.76. The van der Waals surface area contributed by atoms with Crippen molar-refractivity contribution in [2.45, 2.75) is 25.6 Å². The third-order valence-electron chi connectivity index (χ3n) is 6.79. The Morgan fingerprint density at radius 1 is 1.05 bits per heavy atom. The Bertz CT molecular complexity index is 1760. The van der Waals surface area contributed by atoms with E-state index in [0.29, 0.717) is 11.3 Å². The second-order valence-electron chi connectivity index (χ2n) is 10.2. The van der Waals surface area contributed by atoms with E-state index < -0.39 is 35.9 Å². The molecule has 0 saturated carbocycles. The topological polar surface area (TPSA) is 118 Å². The van der Waals surface area contributed by atoms with Gasteiger partial charge in [0.15, 0.2) is 0 Å². The highest BCUT2D eigenvalue weighted by atomic mass is 19.4. The molecule has 2 heterocycles. The molecule has 0 atom stereocenters. The summed E-state index contributed by atoms with van der Waals surface area (Å²) in [6.45, 7) is 9.15. The van der Waals surface area contributed by atoms with Crippen LogP contribution in [-0.4, -0.2) is 55.9 Å². The van der Waals surface area contributed by atoms with Crippen LogP contribution in [0, 0.1) is 5.82 Å². The molecule has 0 aliphatic rings. The molecule has 0 aliphatic carbocycles. The standard InChI is InChI=1S/C31H29F4N5O4/c1-16(36-4)30(2,3)40-27(41)21-13-18(9-12-23(21)43-6)20-14-22-24(28(42)37-5)25(17-7-10-19(32)11-8-17)44-29(22)39-26(20)38-15-31(33,34)35/h7-14H,1,4,15H2,2-3,5-6H3,(H,37,42)(H,38,39)(H,40,41). The lowest BCUT2D eigenvalue weighted by atomic mass is 9.98. The van der Waals surface area contributed by atoms with Crippen molar-refractivity contribution < 1.29 is 36.3 Å². The Morgan fingerprint density at radius 3 is 2.30 bits per heavy atom. The number of anilines is 1. The van der Waals surface area contributed by atoms with Crippen molar-refractivity contribution >= 4 is 35.4 Å². The molecule has 4 aromatic rings. The highest BCUT2D eigenvalue weighted by molar-refractivity contribution is 6.11. The van der Waals surface area contributed by atoms with Crippen LogP contribution in [0.15, 0.2) is 70.2 Å². The number of pyridine rings is 1. The zero-order chi connectivity index (χ0) is 32.4. The molecule has 2 aromatic heterocycles. The van der Waals surface area contributed by atoms with Crippen LogP contribution < -0.4 is 20.7 Å². The van der Waals surface area contributed by atoms with Gasteiger partial charge in [0, 0.05) is 18.2 Å². The molecule has 0 radical (unpaired) electrons. The summed E-state index contributed by atoms with van der Waals surface area (Å²) in [5.74, 6) is -1.66. The summed E-state index contributed by atoms with van der Waals surface area (Å²) in [6, 6.07) is 11.0. The fourth-order valence-electron chi connectivity index (χ4n) is 4.39. The molecule has 0 spiro atoms. The van der Waals surface area contributed by atoms with Crippen molar-refractivity contribution in [3.05, 3.63) is 77.8 Å². The number of methoxy groups -OCH3 is 1. The largest absolute Gasteiger partial charge is 0.496 e. The van der Waals surface area contributed by atoms with Gasteiger partial charge in [-0.1, -0.05) is 12.6 Å². The first-order valence-electron chi connectivity index (χ1n) is 13.1. The van der Waals surface area contributed by atoms with Crippen LogP contribution in [0.5, 0.6) is 5.75 Å². The van der Waals surface area contributed by atoms with Gasteiger partial charge in [-0.2, -0.15) is 18.2 Å². The molecule has 2 amide bonds. The summed E-state index contributed by atoms with van der Waals surface area (Å²) >= 11 is 0. The number of carbonyl (C=O) groups is 2. The summed E-state index contributed by atoms with van der Waals surface area (Å²) < 4.78 is 64.8. The Kier molecular flexibility index (Phi) is 8.79. The zero-order valence-corrected chi connectivity index (χ0v) is 24.3. The first-order valence-corrected chi connectivity index (χ1v) is 13.1. The van der Waals surface area contributed by atoms with Gasteiger partial charge in [-0.25, -0.2) is 4.39 Å². The number of aliphatic imine (C=N–C) groups is 1. The number of nitrogens with one attached hydrogen (secondary N) is 3. The number of halogens is 4. The molecule has 44 heavy (non-hydrogen) atoms. The number of hydrogen-bond donors (Lipinski definition) is 3. The third kappa shape index (κ3) is 6.56. The van der Waals surface area contributed by atoms with Crippen molar-refractivity contribution in [2.75, 3.05) is 26.0 Å². The minimum absolute atomic E-state index is 0.0360. The van der Waals surface area contributed by atoms with Crippen LogP contribution in [0.4, 0.5) is 23.4 Å². The predicted molar refractivity (Wildman–Crippen MR) is 160 cm³/mol. The molecular formula is C31H29F4N5O4. The zero-order valence-electron chi connectivity index (χ0n) is 24.3. The Labute approximate surface area is 250 Å². The lowest BCUT2D eigenvalue weighted by Gasteiger charge is -2.26. The average Bonchev–Trinajstić information content (AvgIpc) is 3.36. The van der Waals surface area contributed by atoms with Gasteiger partial charge in [0.25, 0.3) is 11.8 Å². The maximum Gasteiger partial charge on any atom is 0.405 e. The molecule has 0 unspecified atom stereocenters. The molecule has 230 valence electrons. The van der Waals surface area contributed by atoms with Gasteiger partial charge < -0.3 is 25.1 Å². The van der Waals surface area contributed by atoms with Gasteiger partial charge in [0.05, 0.1) is 34.9 Å². The predicted octanol–water partition coefficient (Wildman–Crippen LogP) is 6.37. The number of nitrogens with zero attached hydrogens (tertiary/aromatic N) is 2. The molecular weight excluding hydrogens is 582 g/mol. The molecule has 0 bridgehead atoms. The van der Waals surface area contributed by atoms with Gasteiger partial charge in [-0.3, -0.25) is 14.6 Å². The van der Waals surface area contributed by atoms with E-state index in [0.717, 1.165) is 0 Å². The second-order valence-corrected chi connectivity index (χ2v) is 10.2. The number of alkyl halides is 3. The van der Waals surface area contributed by atoms with Crippen molar-refractivity contribution in [3.63, 3.8) is 0 Å². The fourth-order valence-corrected chi connectivity index (χ4v) is 4.39. The fraction of sp³-hybridized carbons (Fsp3) is 0.226. The number of aromatic nitrogens is 1. The summed E-state index contributed by atoms with van der Waals surface area (Å²) in [5, 5.41) is 7.78. The normalized spacial score (nSPS) is 11.6. The van der Waals surface area contributed by atoms with Gasteiger partial charge in [0.1, 0.15) is 29.7 Å². The first-order chi connectivity index (χ1) is 20.7. The summed E-state index contributed by atoms with van der Waals surface area (Å²) in [6.07, 6.45) is -4.60. The van der Waals surface area contributed by atoms with Gasteiger partial charge in [0.2, 0.25) is 5.71 Å². The number of benzene rings is 2. The Hall–Kier alpha value is -5.20.